The second-order valence-electron chi connectivity index (χ2n) is 9.81. The lowest BCUT2D eigenvalue weighted by Crippen LogP contribution is -2.39. The molecule has 0 radical (unpaired) electrons. The van der Waals surface area contributed by atoms with E-state index in [2.05, 4.69) is 0 Å². The van der Waals surface area contributed by atoms with Crippen molar-refractivity contribution in [3.63, 3.8) is 0 Å². The Morgan fingerprint density at radius 2 is 1.80 bits per heavy atom. The fourth-order valence-electron chi connectivity index (χ4n) is 5.07. The minimum atomic E-state index is -0.665. The van der Waals surface area contributed by atoms with Crippen LogP contribution in [0.4, 0.5) is 0 Å². The Bertz CT molecular complexity index is 1950. The van der Waals surface area contributed by atoms with Crippen molar-refractivity contribution >= 4 is 51.2 Å². The highest BCUT2D eigenvalue weighted by molar-refractivity contribution is 7.10. The number of hydrogen-bond donors (Lipinski definition) is 0. The summed E-state index contributed by atoms with van der Waals surface area (Å²) in [6, 6.07) is 24.8. The van der Waals surface area contributed by atoms with E-state index >= 15 is 0 Å². The highest BCUT2D eigenvalue weighted by Gasteiger charge is 2.35. The van der Waals surface area contributed by atoms with Crippen molar-refractivity contribution in [3.05, 3.63) is 126 Å². The van der Waals surface area contributed by atoms with Crippen LogP contribution in [0.25, 0.3) is 22.5 Å². The number of nitrogens with zero attached hydrogens (tertiary/aromatic N) is 2. The summed E-state index contributed by atoms with van der Waals surface area (Å²) in [6.45, 7) is 5.95. The van der Waals surface area contributed by atoms with Gasteiger partial charge in [-0.25, -0.2) is 9.79 Å². The quantitative estimate of drug-likeness (QED) is 0.224. The third kappa shape index (κ3) is 5.05. The van der Waals surface area contributed by atoms with E-state index in [0.717, 1.165) is 26.8 Å². The Hall–Kier alpha value is -4.27. The molecule has 5 aromatic rings. The van der Waals surface area contributed by atoms with Gasteiger partial charge in [0.25, 0.3) is 5.56 Å². The van der Waals surface area contributed by atoms with Gasteiger partial charge in [-0.05, 0) is 55.1 Å². The van der Waals surface area contributed by atoms with Gasteiger partial charge in [-0.3, -0.25) is 9.36 Å². The summed E-state index contributed by atoms with van der Waals surface area (Å²) >= 11 is 2.80. The molecule has 3 heterocycles. The Morgan fingerprint density at radius 3 is 2.54 bits per heavy atom. The molecule has 0 N–H and O–H groups in total. The Balaban J connectivity index is 1.65. The topological polar surface area (TPSA) is 69.9 Å². The predicted molar refractivity (Wildman–Crippen MR) is 165 cm³/mol. The molecule has 1 aliphatic rings. The second-order valence-corrected chi connectivity index (χ2v) is 11.8. The highest BCUT2D eigenvalue weighted by atomic mass is 32.1. The predicted octanol–water partition coefficient (Wildman–Crippen LogP) is 5.94. The van der Waals surface area contributed by atoms with Crippen LogP contribution < -0.4 is 19.6 Å². The van der Waals surface area contributed by atoms with Crippen LogP contribution in [0, 0.1) is 0 Å². The molecule has 41 heavy (non-hydrogen) atoms. The Morgan fingerprint density at radius 1 is 1.02 bits per heavy atom. The minimum Gasteiger partial charge on any atom is -0.490 e. The molecule has 0 fully saturated rings. The third-order valence-electron chi connectivity index (χ3n) is 6.76. The van der Waals surface area contributed by atoms with E-state index in [1.54, 1.807) is 11.5 Å². The summed E-state index contributed by atoms with van der Waals surface area (Å²) in [4.78, 5) is 34.1. The van der Waals surface area contributed by atoms with Gasteiger partial charge in [0.1, 0.15) is 11.8 Å². The molecular formula is C33H28N2O4S2. The zero-order chi connectivity index (χ0) is 28.5. The molecule has 6 rings (SSSR count). The molecule has 1 atom stereocenters. The van der Waals surface area contributed by atoms with Crippen LogP contribution in [-0.2, 0) is 9.53 Å². The van der Waals surface area contributed by atoms with Gasteiger partial charge in [0.15, 0.2) is 4.80 Å². The van der Waals surface area contributed by atoms with E-state index < -0.39 is 12.0 Å². The average molecular weight is 581 g/mol. The number of hydrogen-bond acceptors (Lipinski definition) is 7. The molecular weight excluding hydrogens is 553 g/mol. The standard InChI is InChI=1S/C33H28N2O4S2/c1-4-38-32(37)28-29(22-12-6-5-7-13-22)34-33-35(30(28)26-15-10-18-40-26)31(36)27(41-33)19-24-23-14-9-8-11-21(23)16-17-25(24)39-20(2)3/h5-20,30H,4H2,1-3H3. The lowest BCUT2D eigenvalue weighted by atomic mass is 9.97. The number of aromatic nitrogens is 1. The lowest BCUT2D eigenvalue weighted by Gasteiger charge is -2.24. The molecule has 206 valence electrons. The van der Waals surface area contributed by atoms with Crippen molar-refractivity contribution in [1.29, 1.82) is 0 Å². The maximum atomic E-state index is 14.2. The van der Waals surface area contributed by atoms with Gasteiger partial charge in [0.2, 0.25) is 0 Å². The van der Waals surface area contributed by atoms with Crippen LogP contribution in [0.2, 0.25) is 0 Å². The van der Waals surface area contributed by atoms with Gasteiger partial charge in [0, 0.05) is 16.0 Å². The first-order valence-electron chi connectivity index (χ1n) is 13.5. The fraction of sp³-hybridized carbons (Fsp3) is 0.182. The summed E-state index contributed by atoms with van der Waals surface area (Å²) in [7, 11) is 0. The number of fused-ring (bicyclic) bond motifs is 2. The number of thiazole rings is 1. The highest BCUT2D eigenvalue weighted by Crippen LogP contribution is 2.37. The van der Waals surface area contributed by atoms with Crippen molar-refractivity contribution in [3.8, 4) is 5.75 Å². The summed E-state index contributed by atoms with van der Waals surface area (Å²) in [5.41, 5.74) is 2.28. The van der Waals surface area contributed by atoms with E-state index in [4.69, 9.17) is 14.5 Å². The Kier molecular flexibility index (Phi) is 7.43. The van der Waals surface area contributed by atoms with Gasteiger partial charge in [-0.2, -0.15) is 0 Å². The van der Waals surface area contributed by atoms with Crippen LogP contribution in [0.15, 0.2) is 99.6 Å². The van der Waals surface area contributed by atoms with Gasteiger partial charge >= 0.3 is 5.97 Å². The van der Waals surface area contributed by atoms with Crippen molar-refractivity contribution < 1.29 is 14.3 Å². The first-order valence-corrected chi connectivity index (χ1v) is 15.2. The summed E-state index contributed by atoms with van der Waals surface area (Å²) < 4.78 is 13.8. The molecule has 6 nitrogen and oxygen atoms in total. The second kappa shape index (κ2) is 11.3. The van der Waals surface area contributed by atoms with Crippen LogP contribution in [-0.4, -0.2) is 23.2 Å². The first kappa shape index (κ1) is 26.9. The molecule has 0 saturated heterocycles. The van der Waals surface area contributed by atoms with Gasteiger partial charge in [-0.15, -0.1) is 11.3 Å². The smallest absolute Gasteiger partial charge is 0.338 e. The summed E-state index contributed by atoms with van der Waals surface area (Å²) in [5.74, 6) is 0.223. The molecule has 8 heteroatoms. The molecule has 0 aliphatic carbocycles. The van der Waals surface area contributed by atoms with E-state index in [1.807, 2.05) is 104 Å². The molecule has 1 unspecified atom stereocenters. The molecule has 0 saturated carbocycles. The number of rotatable bonds is 7. The van der Waals surface area contributed by atoms with Crippen molar-refractivity contribution in [1.82, 2.24) is 4.57 Å². The zero-order valence-corrected chi connectivity index (χ0v) is 24.5. The molecule has 1 aliphatic heterocycles. The van der Waals surface area contributed by atoms with E-state index in [1.165, 1.54) is 22.7 Å². The first-order chi connectivity index (χ1) is 20.0. The van der Waals surface area contributed by atoms with Crippen molar-refractivity contribution in [2.24, 2.45) is 4.99 Å². The average Bonchev–Trinajstić information content (AvgIpc) is 3.62. The van der Waals surface area contributed by atoms with E-state index in [9.17, 15) is 9.59 Å². The monoisotopic (exact) mass is 580 g/mol. The fourth-order valence-corrected chi connectivity index (χ4v) is 6.87. The Labute approximate surface area is 245 Å². The SMILES string of the molecule is CCOC(=O)C1=C(c2ccccc2)N=c2sc(=Cc3c(OC(C)C)ccc4ccccc34)c(=O)n2C1c1cccs1. The van der Waals surface area contributed by atoms with Gasteiger partial charge < -0.3 is 9.47 Å². The van der Waals surface area contributed by atoms with Gasteiger partial charge in [-0.1, -0.05) is 78.1 Å². The van der Waals surface area contributed by atoms with Crippen LogP contribution in [0.3, 0.4) is 0 Å². The maximum absolute atomic E-state index is 14.2. The van der Waals surface area contributed by atoms with Crippen LogP contribution in [0.1, 0.15) is 42.8 Å². The lowest BCUT2D eigenvalue weighted by molar-refractivity contribution is -0.138. The van der Waals surface area contributed by atoms with E-state index in [0.29, 0.717) is 26.4 Å². The summed E-state index contributed by atoms with van der Waals surface area (Å²) in [5, 5.41) is 3.99. The molecule has 3 aromatic carbocycles. The number of ether oxygens (including phenoxy) is 2. The number of carbonyl (C=O) groups is 1. The van der Waals surface area contributed by atoms with Crippen LogP contribution in [0.5, 0.6) is 5.75 Å². The third-order valence-corrected chi connectivity index (χ3v) is 8.66. The van der Waals surface area contributed by atoms with Crippen molar-refractivity contribution in [2.45, 2.75) is 32.9 Å². The number of carbonyl (C=O) groups excluding carboxylic acids is 1. The van der Waals surface area contributed by atoms with E-state index in [-0.39, 0.29) is 18.3 Å². The summed E-state index contributed by atoms with van der Waals surface area (Å²) in [6.07, 6.45) is 1.86. The number of esters is 1. The molecule has 0 spiro atoms. The maximum Gasteiger partial charge on any atom is 0.338 e. The normalized spacial score (nSPS) is 15.2. The van der Waals surface area contributed by atoms with Gasteiger partial charge in [0.05, 0.1) is 28.5 Å². The molecule has 0 amide bonds. The molecule has 0 bridgehead atoms. The number of thiophene rings is 1. The minimum absolute atomic E-state index is 0.0380. The van der Waals surface area contributed by atoms with Crippen LogP contribution >= 0.6 is 22.7 Å². The largest absolute Gasteiger partial charge is 0.490 e. The number of benzene rings is 3. The zero-order valence-electron chi connectivity index (χ0n) is 22.9. The molecule has 2 aromatic heterocycles. The van der Waals surface area contributed by atoms with Crippen molar-refractivity contribution in [2.75, 3.05) is 6.61 Å².